The Morgan fingerprint density at radius 2 is 1.57 bits per heavy atom. The van der Waals surface area contributed by atoms with E-state index in [2.05, 4.69) is 40.2 Å². The number of aromatic nitrogens is 1. The molecule has 1 aromatic heterocycles. The van der Waals surface area contributed by atoms with E-state index >= 15 is 0 Å². The van der Waals surface area contributed by atoms with Crippen molar-refractivity contribution in [3.05, 3.63) is 95.3 Å². The Labute approximate surface area is 208 Å². The summed E-state index contributed by atoms with van der Waals surface area (Å²) in [6.45, 7) is 3.98. The maximum Gasteiger partial charge on any atom is 0.270 e. The van der Waals surface area contributed by atoms with Crippen LogP contribution in [0.25, 0.3) is 22.5 Å². The predicted octanol–water partition coefficient (Wildman–Crippen LogP) is 5.09. The van der Waals surface area contributed by atoms with Gasteiger partial charge in [-0.1, -0.05) is 30.3 Å². The molecule has 2 heterocycles. The van der Waals surface area contributed by atoms with Gasteiger partial charge in [0.1, 0.15) is 11.3 Å². The topological polar surface area (TPSA) is 63.6 Å². The second-order valence-corrected chi connectivity index (χ2v) is 8.74. The summed E-state index contributed by atoms with van der Waals surface area (Å²) in [5.41, 5.74) is 4.30. The van der Waals surface area contributed by atoms with E-state index in [0.29, 0.717) is 11.4 Å². The first-order chi connectivity index (χ1) is 16.9. The highest BCUT2D eigenvalue weighted by molar-refractivity contribution is 7.80. The van der Waals surface area contributed by atoms with Crippen molar-refractivity contribution in [2.45, 2.75) is 13.8 Å². The summed E-state index contributed by atoms with van der Waals surface area (Å²) in [7, 11) is 1.57. The standard InChI is InChI=1S/C28H23N3O3S/c1-17-14-21(18(2)30(17)23-9-8-19-6-4-5-7-20(19)15-23)16-25-26(32)29-28(35)31(27(25)33)22-10-12-24(34-3)13-11-22/h4-16H,1-3H3,(H,29,32,35)/b25-16+. The summed E-state index contributed by atoms with van der Waals surface area (Å²) in [6, 6.07) is 23.4. The Bertz CT molecular complexity index is 1530. The lowest BCUT2D eigenvalue weighted by Gasteiger charge is -2.29. The SMILES string of the molecule is COc1ccc(N2C(=O)/C(=C/c3cc(C)n(-c4ccc5ccccc5c4)c3C)C(=O)NC2=S)cc1. The first-order valence-corrected chi connectivity index (χ1v) is 11.5. The molecule has 0 unspecified atom stereocenters. The Hall–Kier alpha value is -4.23. The highest BCUT2D eigenvalue weighted by Gasteiger charge is 2.34. The van der Waals surface area contributed by atoms with E-state index in [1.165, 1.54) is 10.3 Å². The number of nitrogens with zero attached hydrogens (tertiary/aromatic N) is 2. The molecule has 1 fully saturated rings. The average Bonchev–Trinajstić information content (AvgIpc) is 3.14. The zero-order chi connectivity index (χ0) is 24.7. The monoisotopic (exact) mass is 481 g/mol. The number of carbonyl (C=O) groups is 2. The summed E-state index contributed by atoms with van der Waals surface area (Å²) in [4.78, 5) is 27.5. The van der Waals surface area contributed by atoms with E-state index in [9.17, 15) is 9.59 Å². The molecule has 3 aromatic carbocycles. The Balaban J connectivity index is 1.54. The lowest BCUT2D eigenvalue weighted by molar-refractivity contribution is -0.122. The molecular weight excluding hydrogens is 458 g/mol. The molecule has 1 N–H and O–H groups in total. The van der Waals surface area contributed by atoms with Gasteiger partial charge in [-0.2, -0.15) is 0 Å². The lowest BCUT2D eigenvalue weighted by Crippen LogP contribution is -2.54. The Kier molecular flexibility index (Phi) is 5.70. The number of methoxy groups -OCH3 is 1. The van der Waals surface area contributed by atoms with Crippen LogP contribution in [-0.4, -0.2) is 28.6 Å². The van der Waals surface area contributed by atoms with Gasteiger partial charge in [0.15, 0.2) is 5.11 Å². The van der Waals surface area contributed by atoms with Gasteiger partial charge in [0, 0.05) is 17.1 Å². The molecule has 1 aliphatic heterocycles. The molecule has 5 rings (SSSR count). The van der Waals surface area contributed by atoms with Crippen LogP contribution in [0.4, 0.5) is 5.69 Å². The van der Waals surface area contributed by atoms with E-state index in [1.54, 1.807) is 37.5 Å². The number of thiocarbonyl (C=S) groups is 1. The van der Waals surface area contributed by atoms with Gasteiger partial charge in [-0.3, -0.25) is 19.8 Å². The van der Waals surface area contributed by atoms with Crippen LogP contribution < -0.4 is 15.0 Å². The first kappa shape index (κ1) is 22.6. The minimum Gasteiger partial charge on any atom is -0.497 e. The molecule has 0 radical (unpaired) electrons. The van der Waals surface area contributed by atoms with Crippen LogP contribution in [0.5, 0.6) is 5.75 Å². The molecule has 0 bridgehead atoms. The summed E-state index contributed by atoms with van der Waals surface area (Å²) in [5, 5.41) is 4.99. The van der Waals surface area contributed by atoms with Crippen molar-refractivity contribution in [1.29, 1.82) is 0 Å². The summed E-state index contributed by atoms with van der Waals surface area (Å²) in [5.74, 6) is -0.329. The third kappa shape index (κ3) is 4.00. The van der Waals surface area contributed by atoms with Crippen LogP contribution in [0.2, 0.25) is 0 Å². The van der Waals surface area contributed by atoms with Crippen molar-refractivity contribution in [3.8, 4) is 11.4 Å². The van der Waals surface area contributed by atoms with Crippen molar-refractivity contribution in [3.63, 3.8) is 0 Å². The van der Waals surface area contributed by atoms with Crippen LogP contribution in [0, 0.1) is 13.8 Å². The smallest absolute Gasteiger partial charge is 0.270 e. The minimum absolute atomic E-state index is 0.0215. The number of hydrogen-bond donors (Lipinski definition) is 1. The maximum atomic E-state index is 13.4. The average molecular weight is 482 g/mol. The largest absolute Gasteiger partial charge is 0.497 e. The van der Waals surface area contributed by atoms with Gasteiger partial charge in [-0.05, 0) is 90.9 Å². The van der Waals surface area contributed by atoms with E-state index in [1.807, 2.05) is 32.0 Å². The van der Waals surface area contributed by atoms with E-state index < -0.39 is 11.8 Å². The molecule has 4 aromatic rings. The number of hydrogen-bond acceptors (Lipinski definition) is 4. The molecular formula is C28H23N3O3S. The zero-order valence-corrected chi connectivity index (χ0v) is 20.3. The molecule has 0 saturated carbocycles. The number of anilines is 1. The lowest BCUT2D eigenvalue weighted by atomic mass is 10.1. The van der Waals surface area contributed by atoms with Crippen molar-refractivity contribution in [1.82, 2.24) is 9.88 Å². The first-order valence-electron chi connectivity index (χ1n) is 11.1. The molecule has 0 spiro atoms. The summed E-state index contributed by atoms with van der Waals surface area (Å²) < 4.78 is 7.32. The van der Waals surface area contributed by atoms with Gasteiger partial charge in [-0.15, -0.1) is 0 Å². The summed E-state index contributed by atoms with van der Waals surface area (Å²) in [6.07, 6.45) is 1.63. The number of fused-ring (bicyclic) bond motifs is 1. The highest BCUT2D eigenvalue weighted by Crippen LogP contribution is 2.28. The van der Waals surface area contributed by atoms with Crippen LogP contribution in [0.1, 0.15) is 17.0 Å². The fraction of sp³-hybridized carbons (Fsp3) is 0.107. The number of rotatable bonds is 4. The fourth-order valence-electron chi connectivity index (χ4n) is 4.43. The van der Waals surface area contributed by atoms with Crippen LogP contribution in [0.15, 0.2) is 78.4 Å². The Morgan fingerprint density at radius 1 is 0.886 bits per heavy atom. The van der Waals surface area contributed by atoms with Gasteiger partial charge < -0.3 is 9.30 Å². The van der Waals surface area contributed by atoms with E-state index in [-0.39, 0.29) is 10.7 Å². The zero-order valence-electron chi connectivity index (χ0n) is 19.5. The number of carbonyl (C=O) groups excluding carboxylic acids is 2. The number of aryl methyl sites for hydroxylation is 1. The van der Waals surface area contributed by atoms with E-state index in [4.69, 9.17) is 17.0 Å². The van der Waals surface area contributed by atoms with Crippen molar-refractivity contribution in [2.75, 3.05) is 12.0 Å². The normalized spacial score (nSPS) is 15.1. The van der Waals surface area contributed by atoms with Crippen molar-refractivity contribution < 1.29 is 14.3 Å². The minimum atomic E-state index is -0.514. The molecule has 0 aliphatic carbocycles. The molecule has 0 atom stereocenters. The van der Waals surface area contributed by atoms with Crippen molar-refractivity contribution >= 4 is 51.7 Å². The molecule has 6 nitrogen and oxygen atoms in total. The van der Waals surface area contributed by atoms with Crippen LogP contribution in [0.3, 0.4) is 0 Å². The number of ether oxygens (including phenoxy) is 1. The molecule has 1 saturated heterocycles. The highest BCUT2D eigenvalue weighted by atomic mass is 32.1. The Morgan fingerprint density at radius 3 is 2.29 bits per heavy atom. The van der Waals surface area contributed by atoms with Crippen LogP contribution in [-0.2, 0) is 9.59 Å². The third-order valence-electron chi connectivity index (χ3n) is 6.19. The quantitative estimate of drug-likeness (QED) is 0.251. The van der Waals surface area contributed by atoms with Gasteiger partial charge in [0.05, 0.1) is 12.8 Å². The van der Waals surface area contributed by atoms with E-state index in [0.717, 1.165) is 28.0 Å². The second-order valence-electron chi connectivity index (χ2n) is 8.35. The third-order valence-corrected chi connectivity index (χ3v) is 6.48. The number of amides is 2. The van der Waals surface area contributed by atoms with Gasteiger partial charge in [-0.25, -0.2) is 0 Å². The van der Waals surface area contributed by atoms with Gasteiger partial charge in [0.2, 0.25) is 0 Å². The number of nitrogens with one attached hydrogen (secondary N) is 1. The fourth-order valence-corrected chi connectivity index (χ4v) is 4.71. The molecule has 7 heteroatoms. The van der Waals surface area contributed by atoms with Gasteiger partial charge in [0.25, 0.3) is 11.8 Å². The molecule has 35 heavy (non-hydrogen) atoms. The molecule has 2 amide bonds. The second kappa shape index (κ2) is 8.85. The number of benzene rings is 3. The molecule has 1 aliphatic rings. The predicted molar refractivity (Wildman–Crippen MR) is 142 cm³/mol. The summed E-state index contributed by atoms with van der Waals surface area (Å²) >= 11 is 5.31. The van der Waals surface area contributed by atoms with Crippen molar-refractivity contribution in [2.24, 2.45) is 0 Å². The van der Waals surface area contributed by atoms with Gasteiger partial charge >= 0.3 is 0 Å². The van der Waals surface area contributed by atoms with Crippen LogP contribution >= 0.6 is 12.2 Å². The molecule has 174 valence electrons. The maximum absolute atomic E-state index is 13.4.